The molecule has 37 heavy (non-hydrogen) atoms. The lowest BCUT2D eigenvalue weighted by molar-refractivity contribution is 0.104. The van der Waals surface area contributed by atoms with Crippen molar-refractivity contribution in [2.75, 3.05) is 34.5 Å². The molecule has 0 atom stereocenters. The van der Waals surface area contributed by atoms with E-state index in [1.54, 1.807) is 22.9 Å². The molecule has 188 valence electrons. The van der Waals surface area contributed by atoms with E-state index in [-0.39, 0.29) is 5.78 Å². The number of ether oxygens (including phenoxy) is 5. The highest BCUT2D eigenvalue weighted by Gasteiger charge is 2.18. The highest BCUT2D eigenvalue weighted by atomic mass is 16.6. The number of benzene rings is 3. The number of nitrogens with zero attached hydrogens (tertiary/aromatic N) is 2. The lowest BCUT2D eigenvalue weighted by Crippen LogP contribution is -2.15. The van der Waals surface area contributed by atoms with Crippen molar-refractivity contribution in [1.29, 1.82) is 0 Å². The third-order valence-corrected chi connectivity index (χ3v) is 5.94. The maximum atomic E-state index is 13.2. The minimum Gasteiger partial charge on any atom is -0.493 e. The summed E-state index contributed by atoms with van der Waals surface area (Å²) in [6.07, 6.45) is 5.15. The van der Waals surface area contributed by atoms with Gasteiger partial charge in [0.05, 0.1) is 27.0 Å². The molecule has 8 nitrogen and oxygen atoms in total. The molecule has 1 aliphatic rings. The van der Waals surface area contributed by atoms with Crippen molar-refractivity contribution in [2.45, 2.75) is 0 Å². The fraction of sp³-hybridized carbons (Fsp3) is 0.172. The average Bonchev–Trinajstić information content (AvgIpc) is 3.39. The first-order chi connectivity index (χ1) is 18.1. The Bertz CT molecular complexity index is 1430. The highest BCUT2D eigenvalue weighted by Crippen LogP contribution is 2.39. The van der Waals surface area contributed by atoms with E-state index in [1.807, 2.05) is 54.7 Å². The second-order valence-electron chi connectivity index (χ2n) is 8.18. The largest absolute Gasteiger partial charge is 0.493 e. The lowest BCUT2D eigenvalue weighted by atomic mass is 10.0. The first-order valence-corrected chi connectivity index (χ1v) is 11.7. The van der Waals surface area contributed by atoms with Crippen molar-refractivity contribution in [3.63, 3.8) is 0 Å². The van der Waals surface area contributed by atoms with Gasteiger partial charge < -0.3 is 23.7 Å². The molecule has 0 unspecified atom stereocenters. The smallest absolute Gasteiger partial charge is 0.203 e. The zero-order valence-corrected chi connectivity index (χ0v) is 20.8. The van der Waals surface area contributed by atoms with E-state index in [4.69, 9.17) is 28.8 Å². The van der Waals surface area contributed by atoms with Gasteiger partial charge in [-0.15, -0.1) is 0 Å². The Labute approximate surface area is 214 Å². The van der Waals surface area contributed by atoms with E-state index >= 15 is 0 Å². The Morgan fingerprint density at radius 1 is 0.892 bits per heavy atom. The van der Waals surface area contributed by atoms with Crippen LogP contribution in [0.1, 0.15) is 15.9 Å². The number of aromatic nitrogens is 2. The van der Waals surface area contributed by atoms with Crippen LogP contribution in [0.2, 0.25) is 0 Å². The van der Waals surface area contributed by atoms with Gasteiger partial charge in [-0.1, -0.05) is 18.2 Å². The molecule has 0 amide bonds. The van der Waals surface area contributed by atoms with E-state index in [0.29, 0.717) is 53.2 Å². The predicted octanol–water partition coefficient (Wildman–Crippen LogP) is 5.23. The summed E-state index contributed by atoms with van der Waals surface area (Å²) in [5.74, 6) is 2.39. The number of para-hydroxylation sites is 1. The molecule has 8 heteroatoms. The molecule has 3 aromatic carbocycles. The minimum absolute atomic E-state index is 0.222. The minimum atomic E-state index is -0.222. The van der Waals surface area contributed by atoms with Crippen LogP contribution in [-0.4, -0.2) is 50.1 Å². The monoisotopic (exact) mass is 498 g/mol. The Hall–Kier alpha value is -4.72. The zero-order chi connectivity index (χ0) is 25.8. The molecule has 0 saturated carbocycles. The van der Waals surface area contributed by atoms with Gasteiger partial charge in [-0.25, -0.2) is 4.68 Å². The van der Waals surface area contributed by atoms with Crippen molar-refractivity contribution in [3.05, 3.63) is 84.1 Å². The maximum Gasteiger partial charge on any atom is 0.203 e. The van der Waals surface area contributed by atoms with Gasteiger partial charge in [0.15, 0.2) is 28.8 Å². The first kappa shape index (κ1) is 24.0. The summed E-state index contributed by atoms with van der Waals surface area (Å²) < 4.78 is 29.4. The zero-order valence-electron chi connectivity index (χ0n) is 20.8. The van der Waals surface area contributed by atoms with Crippen LogP contribution in [0.4, 0.5) is 0 Å². The summed E-state index contributed by atoms with van der Waals surface area (Å²) in [7, 11) is 4.55. The molecule has 4 aromatic rings. The predicted molar refractivity (Wildman–Crippen MR) is 139 cm³/mol. The third-order valence-electron chi connectivity index (χ3n) is 5.94. The number of rotatable bonds is 8. The number of allylic oxidation sites excluding steroid dienone is 1. The number of fused-ring (bicyclic) bond motifs is 1. The Balaban J connectivity index is 1.53. The van der Waals surface area contributed by atoms with Gasteiger partial charge in [0.25, 0.3) is 0 Å². The van der Waals surface area contributed by atoms with Crippen molar-refractivity contribution in [1.82, 2.24) is 9.78 Å². The summed E-state index contributed by atoms with van der Waals surface area (Å²) in [5.41, 5.74) is 3.62. The van der Waals surface area contributed by atoms with Gasteiger partial charge in [0, 0.05) is 22.9 Å². The van der Waals surface area contributed by atoms with Crippen molar-refractivity contribution in [3.8, 4) is 45.7 Å². The second kappa shape index (κ2) is 10.5. The summed E-state index contributed by atoms with van der Waals surface area (Å²) in [5, 5.41) is 4.83. The molecule has 0 fully saturated rings. The van der Waals surface area contributed by atoms with Crippen LogP contribution in [0, 0.1) is 0 Å². The van der Waals surface area contributed by atoms with Crippen LogP contribution in [0.15, 0.2) is 72.9 Å². The molecule has 1 aromatic heterocycles. The molecule has 5 rings (SSSR count). The van der Waals surface area contributed by atoms with E-state index in [9.17, 15) is 4.79 Å². The highest BCUT2D eigenvalue weighted by molar-refractivity contribution is 6.08. The third kappa shape index (κ3) is 4.86. The fourth-order valence-electron chi connectivity index (χ4n) is 4.12. The number of methoxy groups -OCH3 is 3. The van der Waals surface area contributed by atoms with Gasteiger partial charge >= 0.3 is 0 Å². The molecule has 0 saturated heterocycles. The number of carbonyl (C=O) groups excluding carboxylic acids is 1. The Kier molecular flexibility index (Phi) is 6.81. The molecule has 0 spiro atoms. The van der Waals surface area contributed by atoms with Crippen LogP contribution in [0.25, 0.3) is 23.0 Å². The topological polar surface area (TPSA) is 81.0 Å². The Morgan fingerprint density at radius 3 is 2.27 bits per heavy atom. The summed E-state index contributed by atoms with van der Waals surface area (Å²) in [6, 6.07) is 18.8. The van der Waals surface area contributed by atoms with E-state index in [1.165, 1.54) is 27.4 Å². The molecule has 0 bridgehead atoms. The van der Waals surface area contributed by atoms with Crippen LogP contribution < -0.4 is 23.7 Å². The van der Waals surface area contributed by atoms with Crippen LogP contribution >= 0.6 is 0 Å². The van der Waals surface area contributed by atoms with Crippen molar-refractivity contribution in [2.24, 2.45) is 0 Å². The maximum absolute atomic E-state index is 13.2. The van der Waals surface area contributed by atoms with Crippen molar-refractivity contribution >= 4 is 11.9 Å². The molecule has 1 aliphatic heterocycles. The average molecular weight is 499 g/mol. The summed E-state index contributed by atoms with van der Waals surface area (Å²) in [6.45, 7) is 1.01. The molecule has 0 radical (unpaired) electrons. The van der Waals surface area contributed by atoms with Crippen molar-refractivity contribution < 1.29 is 28.5 Å². The number of hydrogen-bond donors (Lipinski definition) is 0. The normalized spacial score (nSPS) is 12.4. The first-order valence-electron chi connectivity index (χ1n) is 11.7. The quantitative estimate of drug-likeness (QED) is 0.243. The molecule has 0 aliphatic carbocycles. The van der Waals surface area contributed by atoms with Crippen LogP contribution in [-0.2, 0) is 0 Å². The number of carbonyl (C=O) groups is 1. The summed E-state index contributed by atoms with van der Waals surface area (Å²) in [4.78, 5) is 13.2. The molecular formula is C29H26N2O6. The van der Waals surface area contributed by atoms with Crippen LogP contribution in [0.5, 0.6) is 28.7 Å². The van der Waals surface area contributed by atoms with Gasteiger partial charge in [-0.05, 0) is 54.6 Å². The van der Waals surface area contributed by atoms with E-state index < -0.39 is 0 Å². The lowest BCUT2D eigenvalue weighted by Gasteiger charge is -2.18. The molecule has 0 N–H and O–H groups in total. The van der Waals surface area contributed by atoms with Gasteiger partial charge in [0.2, 0.25) is 5.75 Å². The number of hydrogen-bond acceptors (Lipinski definition) is 7. The SMILES string of the molecule is COc1cc(C(=O)C=Cc2cn(-c3ccccc3)nc2-c2ccc3c(c2)OCCO3)cc(OC)c1OC. The van der Waals surface area contributed by atoms with Gasteiger partial charge in [-0.2, -0.15) is 5.10 Å². The standard InChI is InChI=1S/C29H26N2O6/c1-33-26-16-21(17-27(34-2)29(26)35-3)23(32)11-9-20-18-31(22-7-5-4-6-8-22)30-28(20)19-10-12-24-25(15-19)37-14-13-36-24/h4-12,15-18H,13-14H2,1-3H3. The van der Waals surface area contributed by atoms with Gasteiger partial charge in [0.1, 0.15) is 18.9 Å². The molecular weight excluding hydrogens is 472 g/mol. The number of ketones is 1. The summed E-state index contributed by atoms with van der Waals surface area (Å²) >= 11 is 0. The van der Waals surface area contributed by atoms with Crippen LogP contribution in [0.3, 0.4) is 0 Å². The van der Waals surface area contributed by atoms with E-state index in [2.05, 4.69) is 0 Å². The fourth-order valence-corrected chi connectivity index (χ4v) is 4.12. The molecule has 2 heterocycles. The van der Waals surface area contributed by atoms with E-state index in [0.717, 1.165) is 16.8 Å². The van der Waals surface area contributed by atoms with Gasteiger partial charge in [-0.3, -0.25) is 4.79 Å². The second-order valence-corrected chi connectivity index (χ2v) is 8.18. The Morgan fingerprint density at radius 2 is 1.59 bits per heavy atom.